The zero-order valence-corrected chi connectivity index (χ0v) is 39.8. The Morgan fingerprint density at radius 2 is 1.29 bits per heavy atom. The van der Waals surface area contributed by atoms with Crippen molar-refractivity contribution in [2.45, 2.75) is 88.9 Å². The number of carbonyl (C=O) groups excluding carboxylic acids is 2. The van der Waals surface area contributed by atoms with Crippen LogP contribution in [0.5, 0.6) is 0 Å². The number of hydrogen-bond donors (Lipinski definition) is 4. The molecule has 2 aliphatic rings. The van der Waals surface area contributed by atoms with Crippen molar-refractivity contribution in [3.63, 3.8) is 0 Å². The normalized spacial score (nSPS) is 19.5. The molecule has 2 aromatic rings. The number of nitrogens with zero attached hydrogens (tertiary/aromatic N) is 15. The molecule has 0 bridgehead atoms. The summed E-state index contributed by atoms with van der Waals surface area (Å²) in [6.07, 6.45) is -1.11. The van der Waals surface area contributed by atoms with Crippen molar-refractivity contribution < 1.29 is 47.1 Å². The number of aromatic nitrogens is 4. The first-order valence-corrected chi connectivity index (χ1v) is 21.6. The maximum atomic E-state index is 12.4. The van der Waals surface area contributed by atoms with Gasteiger partial charge in [-0.2, -0.15) is 4.98 Å². The molecular weight excluding hydrogens is 968 g/mol. The Hall–Kier alpha value is -6.80. The molecule has 70 heavy (non-hydrogen) atoms. The molecule has 5 N–H and O–H groups in total. The van der Waals surface area contributed by atoms with E-state index >= 15 is 0 Å². The van der Waals surface area contributed by atoms with Crippen LogP contribution in [0, 0.1) is 23.7 Å². The molecule has 2 amide bonds. The SMILES string of the molecule is CCC(N=[N+]=[N-])OCC(=O)NCC#Cc1cn(C2CC(OCN=[N+]=[N-])C(COP)O2)c(=O)[nH]c1=O.CCC(N=[N+]=[N-])OCC(=O)NCC#Cc1cn(C2CC(OCN=[N+]=[N-])C(COP)O2)c(=O)nc1N. The van der Waals surface area contributed by atoms with Gasteiger partial charge in [0.15, 0.2) is 0 Å². The fraction of sp³-hybridized carbons (Fsp3) is 0.611. The number of nitrogens with two attached hydrogens (primary N) is 1. The van der Waals surface area contributed by atoms with E-state index in [1.165, 1.54) is 21.5 Å². The highest BCUT2D eigenvalue weighted by molar-refractivity contribution is 7.10. The topological polar surface area (TPSA) is 443 Å². The quantitative estimate of drug-likeness (QED) is 0.0384. The second-order valence-corrected chi connectivity index (χ2v) is 14.5. The second kappa shape index (κ2) is 32.1. The number of hydrogen-bond acceptors (Lipinski definition) is 19. The highest BCUT2D eigenvalue weighted by Crippen LogP contribution is 2.32. The largest absolute Gasteiger partial charge is 0.382 e. The van der Waals surface area contributed by atoms with Crippen LogP contribution in [0.15, 0.2) is 47.2 Å². The van der Waals surface area contributed by atoms with Crippen LogP contribution < -0.4 is 33.3 Å². The summed E-state index contributed by atoms with van der Waals surface area (Å²) in [7, 11) is 4.19. The molecular formula is C36H49N19O13P2. The summed E-state index contributed by atoms with van der Waals surface area (Å²) >= 11 is 0. The highest BCUT2D eigenvalue weighted by atomic mass is 31.0. The molecule has 10 atom stereocenters. The molecule has 4 rings (SSSR count). The molecule has 10 unspecified atom stereocenters. The third kappa shape index (κ3) is 19.3. The predicted octanol–water partition coefficient (Wildman–Crippen LogP) is 1.92. The average molecular weight is 1020 g/mol. The first-order valence-electron chi connectivity index (χ1n) is 20.6. The number of anilines is 1. The third-order valence-corrected chi connectivity index (χ3v) is 9.72. The van der Waals surface area contributed by atoms with Crippen molar-refractivity contribution in [1.29, 1.82) is 0 Å². The maximum absolute atomic E-state index is 12.4. The summed E-state index contributed by atoms with van der Waals surface area (Å²) in [4.78, 5) is 77.1. The van der Waals surface area contributed by atoms with Crippen LogP contribution in [0.3, 0.4) is 0 Å². The van der Waals surface area contributed by atoms with Gasteiger partial charge in [-0.05, 0) is 35.0 Å². The van der Waals surface area contributed by atoms with E-state index in [0.717, 1.165) is 0 Å². The molecule has 32 nitrogen and oxygen atoms in total. The number of amides is 2. The van der Waals surface area contributed by atoms with Crippen LogP contribution in [0.1, 0.15) is 63.1 Å². The average Bonchev–Trinajstić information content (AvgIpc) is 3.94. The lowest BCUT2D eigenvalue weighted by atomic mass is 10.2. The standard InChI is InChI=1S/C18H25N10O6P.C18H24N9O7P/c1-2-15(25-27-21)31-9-14(29)22-5-3-4-11-7-28(18(30)24-17(11)19)16-6-12(32-10-23-26-20)13(34-16)8-33-35;1-2-15(24-26-20)31-9-14(28)21-5-3-4-11-7-27(18(30)23-17(11)29)16-6-12(32-10-22-25-19)13(34-16)8-33-35/h7,12-13,15-16H,2,5-6,8-10,35H2,1H3,(H,22,29)(H2,19,24,30);7,12-13,15-16H,2,5-6,8-10,35H2,1H3,(H,21,28)(H,23,29,30). The van der Waals surface area contributed by atoms with Gasteiger partial charge in [-0.15, -0.1) is 0 Å². The molecule has 0 radical (unpaired) electrons. The molecule has 0 saturated carbocycles. The Morgan fingerprint density at radius 1 is 0.814 bits per heavy atom. The van der Waals surface area contributed by atoms with Crippen molar-refractivity contribution in [3.05, 3.63) is 96.6 Å². The smallest absolute Gasteiger partial charge is 0.351 e. The molecule has 2 saturated heterocycles. The van der Waals surface area contributed by atoms with E-state index in [1.54, 1.807) is 13.8 Å². The first-order chi connectivity index (χ1) is 33.9. The maximum Gasteiger partial charge on any atom is 0.351 e. The minimum absolute atomic E-state index is 0.0228. The molecule has 34 heteroatoms. The van der Waals surface area contributed by atoms with E-state index in [9.17, 15) is 24.0 Å². The number of aromatic amines is 1. The monoisotopic (exact) mass is 1020 g/mol. The Balaban J connectivity index is 0.000000370. The fourth-order valence-electron chi connectivity index (χ4n) is 6.06. The van der Waals surface area contributed by atoms with E-state index < -0.39 is 78.1 Å². The Bertz CT molecular complexity index is 2590. The van der Waals surface area contributed by atoms with Gasteiger partial charge < -0.3 is 53.8 Å². The molecule has 0 aromatic carbocycles. The van der Waals surface area contributed by atoms with Gasteiger partial charge >= 0.3 is 11.4 Å². The number of ether oxygens (including phenoxy) is 6. The van der Waals surface area contributed by atoms with Crippen molar-refractivity contribution in [2.24, 2.45) is 20.5 Å². The fourth-order valence-corrected chi connectivity index (χ4v) is 6.44. The lowest BCUT2D eigenvalue weighted by Crippen LogP contribution is -2.34. The summed E-state index contributed by atoms with van der Waals surface area (Å²) in [5, 5.41) is 18.5. The molecule has 376 valence electrons. The Labute approximate surface area is 401 Å². The van der Waals surface area contributed by atoms with Crippen LogP contribution in [-0.2, 0) is 47.1 Å². The minimum atomic E-state index is -0.791. The molecule has 4 heterocycles. The highest BCUT2D eigenvalue weighted by Gasteiger charge is 2.39. The van der Waals surface area contributed by atoms with Crippen molar-refractivity contribution in [3.8, 4) is 23.7 Å². The summed E-state index contributed by atoms with van der Waals surface area (Å²) in [5.41, 5.74) is 37.7. The van der Waals surface area contributed by atoms with Crippen LogP contribution in [0.4, 0.5) is 5.82 Å². The minimum Gasteiger partial charge on any atom is -0.382 e. The summed E-state index contributed by atoms with van der Waals surface area (Å²) in [6, 6.07) is 0. The van der Waals surface area contributed by atoms with Gasteiger partial charge in [0.05, 0.1) is 44.1 Å². The van der Waals surface area contributed by atoms with Gasteiger partial charge in [0.1, 0.15) is 75.2 Å². The number of rotatable bonds is 24. The van der Waals surface area contributed by atoms with Gasteiger partial charge in [0.2, 0.25) is 11.8 Å². The summed E-state index contributed by atoms with van der Waals surface area (Å²) in [5.74, 6) is 9.68. The van der Waals surface area contributed by atoms with E-state index in [2.05, 4.69) is 103 Å². The molecule has 2 aromatic heterocycles. The number of nitrogen functional groups attached to an aromatic ring is 1. The van der Waals surface area contributed by atoms with E-state index in [-0.39, 0.29) is 82.8 Å². The molecule has 0 aliphatic carbocycles. The van der Waals surface area contributed by atoms with Crippen molar-refractivity contribution >= 4 is 36.6 Å². The van der Waals surface area contributed by atoms with Crippen LogP contribution in [0.25, 0.3) is 41.8 Å². The zero-order chi connectivity index (χ0) is 51.3. The van der Waals surface area contributed by atoms with Crippen LogP contribution in [-0.4, -0.2) is 121 Å². The molecule has 2 aliphatic heterocycles. The number of nitrogens with one attached hydrogen (secondary N) is 3. The molecule has 0 spiro atoms. The van der Waals surface area contributed by atoms with E-state index in [1.807, 2.05) is 0 Å². The predicted molar refractivity (Wildman–Crippen MR) is 249 cm³/mol. The second-order valence-electron chi connectivity index (χ2n) is 13.9. The van der Waals surface area contributed by atoms with Gasteiger partial charge in [0.25, 0.3) is 5.56 Å². The van der Waals surface area contributed by atoms with E-state index in [0.29, 0.717) is 12.8 Å². The number of H-pyrrole nitrogens is 1. The Kier molecular flexibility index (Phi) is 26.4. The number of azide groups is 4. The number of carbonyl (C=O) groups is 2. The van der Waals surface area contributed by atoms with Gasteiger partial charge in [-0.25, -0.2) is 9.59 Å². The first kappa shape index (κ1) is 57.5. The van der Waals surface area contributed by atoms with Gasteiger partial charge in [0, 0.05) is 63.8 Å². The zero-order valence-electron chi connectivity index (χ0n) is 37.5. The molecule has 2 fully saturated rings. The Morgan fingerprint density at radius 3 is 1.74 bits per heavy atom. The van der Waals surface area contributed by atoms with Crippen LogP contribution in [0.2, 0.25) is 0 Å². The van der Waals surface area contributed by atoms with Gasteiger partial charge in [-0.3, -0.25) is 28.5 Å². The van der Waals surface area contributed by atoms with Crippen molar-refractivity contribution in [2.75, 3.05) is 58.7 Å². The lowest BCUT2D eigenvalue weighted by molar-refractivity contribution is -0.128. The van der Waals surface area contributed by atoms with E-state index in [4.69, 9.17) is 65.3 Å². The summed E-state index contributed by atoms with van der Waals surface area (Å²) in [6.45, 7) is 2.64. The van der Waals surface area contributed by atoms with Gasteiger partial charge in [-0.1, -0.05) is 58.0 Å². The summed E-state index contributed by atoms with van der Waals surface area (Å²) < 4.78 is 45.5. The lowest BCUT2D eigenvalue weighted by Gasteiger charge is -2.17. The van der Waals surface area contributed by atoms with Crippen LogP contribution >= 0.6 is 18.9 Å². The third-order valence-electron chi connectivity index (χ3n) is 9.34. The van der Waals surface area contributed by atoms with Crippen molar-refractivity contribution in [1.82, 2.24) is 29.7 Å².